The second-order valence-corrected chi connectivity index (χ2v) is 5.65. The van der Waals surface area contributed by atoms with Crippen LogP contribution < -0.4 is 5.32 Å². The maximum Gasteiger partial charge on any atom is 0.0492 e. The zero-order valence-electron chi connectivity index (χ0n) is 11.4. The van der Waals surface area contributed by atoms with Crippen LogP contribution in [0.2, 0.25) is 0 Å². The van der Waals surface area contributed by atoms with Gasteiger partial charge in [-0.3, -0.25) is 4.68 Å². The summed E-state index contributed by atoms with van der Waals surface area (Å²) in [5.41, 5.74) is 1.83. The van der Waals surface area contributed by atoms with Gasteiger partial charge in [-0.25, -0.2) is 0 Å². The van der Waals surface area contributed by atoms with Gasteiger partial charge in [0.25, 0.3) is 0 Å². The van der Waals surface area contributed by atoms with Gasteiger partial charge in [0.05, 0.1) is 0 Å². The molecule has 1 aromatic heterocycles. The van der Waals surface area contributed by atoms with Crippen molar-refractivity contribution in [3.63, 3.8) is 0 Å². The minimum atomic E-state index is 0.472. The second-order valence-electron chi connectivity index (χ2n) is 5.65. The van der Waals surface area contributed by atoms with Gasteiger partial charge < -0.3 is 5.32 Å². The average Bonchev–Trinajstić information content (AvgIpc) is 3.09. The molecule has 3 nitrogen and oxygen atoms in total. The fourth-order valence-corrected chi connectivity index (χ4v) is 2.69. The predicted octanol–water partition coefficient (Wildman–Crippen LogP) is 2.38. The molecule has 0 radical (unpaired) electrons. The Labute approximate surface area is 105 Å². The van der Waals surface area contributed by atoms with Crippen molar-refractivity contribution in [3.05, 3.63) is 18.0 Å². The Morgan fingerprint density at radius 1 is 1.53 bits per heavy atom. The van der Waals surface area contributed by atoms with E-state index in [9.17, 15) is 0 Å². The molecular weight excluding hydrogens is 210 g/mol. The lowest BCUT2D eigenvalue weighted by atomic mass is 9.80. The first-order valence-corrected chi connectivity index (χ1v) is 6.83. The third-order valence-corrected chi connectivity index (χ3v) is 4.22. The van der Waals surface area contributed by atoms with Crippen LogP contribution in [0.5, 0.6) is 0 Å². The lowest BCUT2D eigenvalue weighted by Crippen LogP contribution is -2.34. The van der Waals surface area contributed by atoms with E-state index in [0.717, 1.165) is 25.4 Å². The molecule has 0 spiro atoms. The van der Waals surface area contributed by atoms with Crippen molar-refractivity contribution in [1.29, 1.82) is 0 Å². The molecule has 0 bridgehead atoms. The van der Waals surface area contributed by atoms with E-state index in [2.05, 4.69) is 30.3 Å². The molecule has 17 heavy (non-hydrogen) atoms. The molecule has 1 aliphatic carbocycles. The molecule has 0 aliphatic heterocycles. The second kappa shape index (κ2) is 5.21. The Morgan fingerprint density at radius 3 is 2.82 bits per heavy atom. The molecule has 1 aliphatic rings. The number of nitrogens with zero attached hydrogens (tertiary/aromatic N) is 2. The number of hydrogen-bond donors (Lipinski definition) is 1. The lowest BCUT2D eigenvalue weighted by Gasteiger charge is -2.30. The first-order chi connectivity index (χ1) is 8.15. The predicted molar refractivity (Wildman–Crippen MR) is 70.9 cm³/mol. The maximum atomic E-state index is 4.24. The Morgan fingerprint density at radius 2 is 2.29 bits per heavy atom. The van der Waals surface area contributed by atoms with Crippen molar-refractivity contribution in [2.45, 2.75) is 39.5 Å². The van der Waals surface area contributed by atoms with E-state index < -0.39 is 0 Å². The normalized spacial score (nSPS) is 19.2. The molecule has 1 atom stereocenters. The van der Waals surface area contributed by atoms with Crippen LogP contribution in [0, 0.1) is 11.3 Å². The minimum absolute atomic E-state index is 0.472. The van der Waals surface area contributed by atoms with Crippen LogP contribution in [0.15, 0.2) is 12.3 Å². The first kappa shape index (κ1) is 12.6. The molecule has 1 N–H and O–H groups in total. The van der Waals surface area contributed by atoms with Crippen molar-refractivity contribution in [2.75, 3.05) is 13.1 Å². The van der Waals surface area contributed by atoms with E-state index in [4.69, 9.17) is 0 Å². The number of hydrogen-bond acceptors (Lipinski definition) is 2. The standard InChI is InChI=1S/C14H25N3/c1-4-15-11-14(2,12-5-6-12)9-7-13-8-10-16-17(13)3/h8,10,12,15H,4-7,9,11H2,1-3H3. The van der Waals surface area contributed by atoms with Crippen molar-refractivity contribution in [3.8, 4) is 0 Å². The molecule has 0 saturated heterocycles. The van der Waals surface area contributed by atoms with Crippen molar-refractivity contribution < 1.29 is 0 Å². The van der Waals surface area contributed by atoms with Crippen LogP contribution in [0.1, 0.15) is 38.8 Å². The highest BCUT2D eigenvalue weighted by molar-refractivity contribution is 5.02. The Bertz CT molecular complexity index is 354. The van der Waals surface area contributed by atoms with Crippen LogP contribution in [0.4, 0.5) is 0 Å². The van der Waals surface area contributed by atoms with E-state index in [1.165, 1.54) is 25.0 Å². The van der Waals surface area contributed by atoms with Gasteiger partial charge in [-0.05, 0) is 49.6 Å². The summed E-state index contributed by atoms with van der Waals surface area (Å²) in [6.45, 7) is 6.87. The van der Waals surface area contributed by atoms with Crippen LogP contribution in [-0.2, 0) is 13.5 Å². The van der Waals surface area contributed by atoms with E-state index in [1.807, 2.05) is 17.9 Å². The Balaban J connectivity index is 1.91. The van der Waals surface area contributed by atoms with Crippen molar-refractivity contribution in [1.82, 2.24) is 15.1 Å². The van der Waals surface area contributed by atoms with Crippen molar-refractivity contribution >= 4 is 0 Å². The molecule has 0 amide bonds. The summed E-state index contributed by atoms with van der Waals surface area (Å²) in [4.78, 5) is 0. The van der Waals surface area contributed by atoms with Gasteiger partial charge in [0.15, 0.2) is 0 Å². The Hall–Kier alpha value is -0.830. The van der Waals surface area contributed by atoms with Crippen LogP contribution in [-0.4, -0.2) is 22.9 Å². The van der Waals surface area contributed by atoms with Crippen molar-refractivity contribution in [2.24, 2.45) is 18.4 Å². The molecular formula is C14H25N3. The van der Waals surface area contributed by atoms with Gasteiger partial charge >= 0.3 is 0 Å². The number of rotatable bonds is 7. The zero-order valence-corrected chi connectivity index (χ0v) is 11.4. The molecule has 0 aromatic carbocycles. The van der Waals surface area contributed by atoms with Gasteiger partial charge in [0.1, 0.15) is 0 Å². The zero-order chi connectivity index (χ0) is 12.3. The van der Waals surface area contributed by atoms with Crippen LogP contribution in [0.3, 0.4) is 0 Å². The molecule has 1 heterocycles. The summed E-state index contributed by atoms with van der Waals surface area (Å²) in [6.07, 6.45) is 7.16. The molecule has 1 unspecified atom stereocenters. The average molecular weight is 235 g/mol. The monoisotopic (exact) mass is 235 g/mol. The van der Waals surface area contributed by atoms with Gasteiger partial charge in [-0.1, -0.05) is 13.8 Å². The highest BCUT2D eigenvalue weighted by Gasteiger charge is 2.40. The van der Waals surface area contributed by atoms with Gasteiger partial charge in [0, 0.05) is 25.5 Å². The van der Waals surface area contributed by atoms with E-state index in [-0.39, 0.29) is 0 Å². The van der Waals surface area contributed by atoms with Gasteiger partial charge in [0.2, 0.25) is 0 Å². The number of nitrogens with one attached hydrogen (secondary N) is 1. The fourth-order valence-electron chi connectivity index (χ4n) is 2.69. The molecule has 1 aromatic rings. The summed E-state index contributed by atoms with van der Waals surface area (Å²) in [5.74, 6) is 0.940. The van der Waals surface area contributed by atoms with Gasteiger partial charge in [-0.15, -0.1) is 0 Å². The van der Waals surface area contributed by atoms with Gasteiger partial charge in [-0.2, -0.15) is 5.10 Å². The van der Waals surface area contributed by atoms with Crippen LogP contribution in [0.25, 0.3) is 0 Å². The fraction of sp³-hybridized carbons (Fsp3) is 0.786. The van der Waals surface area contributed by atoms with E-state index in [0.29, 0.717) is 5.41 Å². The Kier molecular flexibility index (Phi) is 3.87. The summed E-state index contributed by atoms with van der Waals surface area (Å²) in [6, 6.07) is 2.14. The topological polar surface area (TPSA) is 29.9 Å². The highest BCUT2D eigenvalue weighted by atomic mass is 15.2. The smallest absolute Gasteiger partial charge is 0.0492 e. The number of aryl methyl sites for hydroxylation is 2. The van der Waals surface area contributed by atoms with Crippen LogP contribution >= 0.6 is 0 Å². The summed E-state index contributed by atoms with van der Waals surface area (Å²) in [7, 11) is 2.04. The summed E-state index contributed by atoms with van der Waals surface area (Å²) in [5, 5.41) is 7.77. The SMILES string of the molecule is CCNCC(C)(CCc1ccnn1C)C1CC1. The molecule has 3 heteroatoms. The maximum absolute atomic E-state index is 4.24. The molecule has 1 saturated carbocycles. The minimum Gasteiger partial charge on any atom is -0.316 e. The highest BCUT2D eigenvalue weighted by Crippen LogP contribution is 2.47. The van der Waals surface area contributed by atoms with E-state index in [1.54, 1.807) is 0 Å². The lowest BCUT2D eigenvalue weighted by molar-refractivity contribution is 0.237. The molecule has 2 rings (SSSR count). The first-order valence-electron chi connectivity index (χ1n) is 6.83. The number of aromatic nitrogens is 2. The third kappa shape index (κ3) is 3.09. The quantitative estimate of drug-likeness (QED) is 0.786. The summed E-state index contributed by atoms with van der Waals surface area (Å²) >= 11 is 0. The van der Waals surface area contributed by atoms with E-state index >= 15 is 0 Å². The largest absolute Gasteiger partial charge is 0.316 e. The molecule has 1 fully saturated rings. The summed E-state index contributed by atoms with van der Waals surface area (Å²) < 4.78 is 2.00. The molecule has 96 valence electrons. The third-order valence-electron chi connectivity index (χ3n) is 4.22.